The Labute approximate surface area is 164 Å². The van der Waals surface area contributed by atoms with Crippen molar-refractivity contribution in [2.45, 2.75) is 37.2 Å². The lowest BCUT2D eigenvalue weighted by Gasteiger charge is -2.19. The number of urea groups is 1. The van der Waals surface area contributed by atoms with Crippen molar-refractivity contribution >= 4 is 33.9 Å². The van der Waals surface area contributed by atoms with Crippen molar-refractivity contribution in [2.24, 2.45) is 0 Å². The normalized spacial score (nSPS) is 18.7. The van der Waals surface area contributed by atoms with Gasteiger partial charge in [0, 0.05) is 27.1 Å². The van der Waals surface area contributed by atoms with Crippen molar-refractivity contribution in [1.29, 1.82) is 0 Å². The lowest BCUT2D eigenvalue weighted by Crippen LogP contribution is -2.33. The smallest absolute Gasteiger partial charge is 0.377 e. The van der Waals surface area contributed by atoms with E-state index in [1.165, 1.54) is 14.2 Å². The average Bonchev–Trinajstić information content (AvgIpc) is 3.16. The number of imidazole rings is 1. The lowest BCUT2D eigenvalue weighted by molar-refractivity contribution is -0.141. The van der Waals surface area contributed by atoms with Crippen LogP contribution in [0, 0.1) is 0 Å². The molecule has 0 radical (unpaired) electrons. The summed E-state index contributed by atoms with van der Waals surface area (Å²) in [5.74, 6) is 0. The van der Waals surface area contributed by atoms with E-state index in [1.807, 2.05) is 0 Å². The third kappa shape index (κ3) is 4.15. The number of halogens is 6. The number of aromatic nitrogens is 3. The van der Waals surface area contributed by atoms with E-state index in [9.17, 15) is 26.7 Å². The van der Waals surface area contributed by atoms with Crippen LogP contribution in [0.5, 0.6) is 0 Å². The van der Waals surface area contributed by atoms with Gasteiger partial charge in [-0.3, -0.25) is 0 Å². The van der Waals surface area contributed by atoms with Gasteiger partial charge in [0.2, 0.25) is 4.96 Å². The minimum atomic E-state index is -4.76. The zero-order chi connectivity index (χ0) is 20.9. The number of alkyl halides is 6. The van der Waals surface area contributed by atoms with Crippen LogP contribution in [0.2, 0.25) is 0 Å². The standard InChI is InChI=1S/C14H15ClF5N5O2S/c1-23-7(3-13(15,16)17)4-24(12(23)26)5-8-10(14(18,19)20)21-11-25(8)22-9(28-11)6-27-2/h7H,3-6H2,1-2H3. The van der Waals surface area contributed by atoms with Gasteiger partial charge in [-0.2, -0.15) is 27.1 Å². The molecule has 1 atom stereocenters. The monoisotopic (exact) mass is 447 g/mol. The molecule has 3 heterocycles. The maximum absolute atomic E-state index is 13.4. The summed E-state index contributed by atoms with van der Waals surface area (Å²) < 4.78 is 72.4. The fraction of sp³-hybridized carbons (Fsp3) is 0.643. The van der Waals surface area contributed by atoms with E-state index in [2.05, 4.69) is 10.1 Å². The molecule has 0 aliphatic carbocycles. The molecule has 7 nitrogen and oxygen atoms in total. The molecule has 0 bridgehead atoms. The molecular formula is C14H15ClF5N5O2S. The van der Waals surface area contributed by atoms with Crippen LogP contribution in [0.25, 0.3) is 4.96 Å². The van der Waals surface area contributed by atoms with Crippen LogP contribution in [-0.2, 0) is 24.1 Å². The molecule has 0 aromatic carbocycles. The maximum atomic E-state index is 13.4. The Morgan fingerprint density at radius 2 is 2.00 bits per heavy atom. The first-order valence-electron chi connectivity index (χ1n) is 7.92. The molecule has 156 valence electrons. The Morgan fingerprint density at radius 1 is 1.32 bits per heavy atom. The molecule has 2 aromatic rings. The molecule has 1 unspecified atom stereocenters. The number of hydrogen-bond donors (Lipinski definition) is 0. The molecule has 0 saturated carbocycles. The van der Waals surface area contributed by atoms with Crippen LogP contribution in [-0.4, -0.2) is 62.6 Å². The molecule has 1 saturated heterocycles. The molecule has 2 amide bonds. The predicted molar refractivity (Wildman–Crippen MR) is 89.4 cm³/mol. The fourth-order valence-corrected chi connectivity index (χ4v) is 4.06. The van der Waals surface area contributed by atoms with E-state index in [-0.39, 0.29) is 23.8 Å². The highest BCUT2D eigenvalue weighted by molar-refractivity contribution is 7.16. The zero-order valence-electron chi connectivity index (χ0n) is 14.6. The molecular weight excluding hydrogens is 433 g/mol. The average molecular weight is 448 g/mol. The molecule has 14 heteroatoms. The summed E-state index contributed by atoms with van der Waals surface area (Å²) in [6.07, 6.45) is -5.57. The number of ether oxygens (including phenoxy) is 1. The Balaban J connectivity index is 1.93. The van der Waals surface area contributed by atoms with Crippen LogP contribution in [0.15, 0.2) is 0 Å². The van der Waals surface area contributed by atoms with E-state index in [4.69, 9.17) is 16.3 Å². The first kappa shape index (κ1) is 21.0. The van der Waals surface area contributed by atoms with Gasteiger partial charge in [-0.1, -0.05) is 11.3 Å². The van der Waals surface area contributed by atoms with Crippen LogP contribution >= 0.6 is 22.9 Å². The summed E-state index contributed by atoms with van der Waals surface area (Å²) in [6, 6.07) is -1.61. The molecule has 1 fully saturated rings. The highest BCUT2D eigenvalue weighted by Gasteiger charge is 2.44. The van der Waals surface area contributed by atoms with Crippen molar-refractivity contribution in [3.05, 3.63) is 16.4 Å². The van der Waals surface area contributed by atoms with Gasteiger partial charge in [0.1, 0.15) is 5.01 Å². The second-order valence-electron chi connectivity index (χ2n) is 6.28. The van der Waals surface area contributed by atoms with Crippen molar-refractivity contribution in [2.75, 3.05) is 20.7 Å². The third-order valence-corrected chi connectivity index (χ3v) is 5.27. The van der Waals surface area contributed by atoms with Crippen LogP contribution in [0.3, 0.4) is 0 Å². The number of amides is 2. The number of fused-ring (bicyclic) bond motifs is 1. The predicted octanol–water partition coefficient (Wildman–Crippen LogP) is 3.41. The molecule has 2 aromatic heterocycles. The van der Waals surface area contributed by atoms with Crippen molar-refractivity contribution in [3.8, 4) is 0 Å². The fourth-order valence-electron chi connectivity index (χ4n) is 3.00. The number of hydrogen-bond acceptors (Lipinski definition) is 5. The summed E-state index contributed by atoms with van der Waals surface area (Å²) in [5.41, 5.74) is -1.52. The Kier molecular flexibility index (Phi) is 5.44. The number of carbonyl (C=O) groups is 1. The zero-order valence-corrected chi connectivity index (χ0v) is 16.2. The summed E-state index contributed by atoms with van der Waals surface area (Å²) in [4.78, 5) is 18.0. The summed E-state index contributed by atoms with van der Waals surface area (Å²) in [6.45, 7) is -0.593. The number of rotatable bonds is 6. The second-order valence-corrected chi connectivity index (χ2v) is 7.87. The van der Waals surface area contributed by atoms with Gasteiger partial charge in [-0.05, 0) is 11.6 Å². The van der Waals surface area contributed by atoms with Gasteiger partial charge < -0.3 is 14.5 Å². The van der Waals surface area contributed by atoms with Crippen molar-refractivity contribution in [3.63, 3.8) is 0 Å². The molecule has 3 rings (SSSR count). The maximum Gasteiger partial charge on any atom is 0.435 e. The first-order valence-corrected chi connectivity index (χ1v) is 9.12. The van der Waals surface area contributed by atoms with Crippen molar-refractivity contribution in [1.82, 2.24) is 24.4 Å². The second kappa shape index (κ2) is 7.26. The van der Waals surface area contributed by atoms with Gasteiger partial charge in [0.15, 0.2) is 5.69 Å². The van der Waals surface area contributed by atoms with Crippen LogP contribution in [0.4, 0.5) is 26.7 Å². The van der Waals surface area contributed by atoms with Gasteiger partial charge in [-0.25, -0.2) is 14.3 Å². The van der Waals surface area contributed by atoms with E-state index in [0.29, 0.717) is 5.01 Å². The highest BCUT2D eigenvalue weighted by atomic mass is 35.5. The minimum Gasteiger partial charge on any atom is -0.377 e. The number of methoxy groups -OCH3 is 1. The number of carbonyl (C=O) groups excluding carboxylic acids is 1. The summed E-state index contributed by atoms with van der Waals surface area (Å²) in [7, 11) is 2.71. The third-order valence-electron chi connectivity index (χ3n) is 4.23. The topological polar surface area (TPSA) is 63.0 Å². The molecule has 1 aliphatic rings. The van der Waals surface area contributed by atoms with E-state index in [1.54, 1.807) is 0 Å². The van der Waals surface area contributed by atoms with E-state index < -0.39 is 42.3 Å². The molecule has 0 N–H and O–H groups in total. The van der Waals surface area contributed by atoms with Gasteiger partial charge in [0.05, 0.1) is 24.9 Å². The highest BCUT2D eigenvalue weighted by Crippen LogP contribution is 2.35. The lowest BCUT2D eigenvalue weighted by atomic mass is 10.2. The van der Waals surface area contributed by atoms with Gasteiger partial charge in [-0.15, -0.1) is 0 Å². The van der Waals surface area contributed by atoms with Gasteiger partial charge in [0.25, 0.3) is 0 Å². The van der Waals surface area contributed by atoms with E-state index >= 15 is 0 Å². The molecule has 1 aliphatic heterocycles. The number of likely N-dealkylation sites (N-methyl/N-ethyl adjacent to an activating group) is 1. The molecule has 28 heavy (non-hydrogen) atoms. The number of nitrogens with zero attached hydrogens (tertiary/aromatic N) is 5. The SMILES string of the molecule is COCc1nn2c(CN3CC(CC(F)(F)Cl)N(C)C3=O)c(C(F)(F)F)nc2s1. The molecule has 0 spiro atoms. The Bertz CT molecular complexity index is 880. The first-order chi connectivity index (χ1) is 12.9. The minimum absolute atomic E-state index is 0.00165. The Morgan fingerprint density at radius 3 is 2.57 bits per heavy atom. The van der Waals surface area contributed by atoms with E-state index in [0.717, 1.165) is 25.7 Å². The van der Waals surface area contributed by atoms with Gasteiger partial charge >= 0.3 is 17.6 Å². The van der Waals surface area contributed by atoms with Crippen LogP contribution in [0.1, 0.15) is 22.8 Å². The largest absolute Gasteiger partial charge is 0.435 e. The quantitative estimate of drug-likeness (QED) is 0.503. The van der Waals surface area contributed by atoms with Crippen LogP contribution < -0.4 is 0 Å². The summed E-state index contributed by atoms with van der Waals surface area (Å²) in [5, 5.41) is 0.936. The summed E-state index contributed by atoms with van der Waals surface area (Å²) >= 11 is 5.87. The Hall–Kier alpha value is -1.73. The van der Waals surface area contributed by atoms with Crippen molar-refractivity contribution < 1.29 is 31.5 Å².